The van der Waals surface area contributed by atoms with Crippen LogP contribution < -0.4 is 10.6 Å². The fourth-order valence-corrected chi connectivity index (χ4v) is 1.92. The fourth-order valence-electron chi connectivity index (χ4n) is 1.79. The first-order valence-corrected chi connectivity index (χ1v) is 6.92. The topological polar surface area (TPSA) is 78.4 Å². The van der Waals surface area contributed by atoms with Crippen molar-refractivity contribution in [2.24, 2.45) is 5.92 Å². The molecule has 2 rings (SSSR count). The number of hydrogen-bond acceptors (Lipinski definition) is 3. The molecule has 0 spiro atoms. The van der Waals surface area contributed by atoms with Gasteiger partial charge < -0.3 is 15.7 Å². The number of carbonyl (C=O) groups is 2. The number of carbonyl (C=O) groups excluding carboxylic acids is 2. The van der Waals surface area contributed by atoms with Crippen LogP contribution in [-0.2, 0) is 4.79 Å². The Morgan fingerprint density at radius 3 is 2.50 bits per heavy atom. The lowest BCUT2D eigenvalue weighted by Gasteiger charge is -2.11. The first kappa shape index (κ1) is 14.8. The van der Waals surface area contributed by atoms with Crippen molar-refractivity contribution in [3.63, 3.8) is 0 Å². The second-order valence-electron chi connectivity index (χ2n) is 4.90. The molecule has 0 aliphatic heterocycles. The summed E-state index contributed by atoms with van der Waals surface area (Å²) >= 11 is 5.73. The predicted octanol–water partition coefficient (Wildman–Crippen LogP) is 0.957. The van der Waals surface area contributed by atoms with Gasteiger partial charge in [0.25, 0.3) is 5.91 Å². The maximum absolute atomic E-state index is 11.7. The van der Waals surface area contributed by atoms with Crippen LogP contribution in [0.1, 0.15) is 23.2 Å². The molecule has 2 amide bonds. The van der Waals surface area contributed by atoms with Gasteiger partial charge in [-0.25, -0.2) is 0 Å². The van der Waals surface area contributed by atoms with Crippen LogP contribution in [0.2, 0.25) is 5.02 Å². The van der Waals surface area contributed by atoms with Crippen LogP contribution in [0.3, 0.4) is 0 Å². The molecule has 1 aliphatic carbocycles. The zero-order chi connectivity index (χ0) is 14.5. The summed E-state index contributed by atoms with van der Waals surface area (Å²) in [6, 6.07) is 6.41. The third kappa shape index (κ3) is 4.51. The molecular formula is C14H17ClN2O3. The van der Waals surface area contributed by atoms with Crippen LogP contribution in [0, 0.1) is 5.92 Å². The van der Waals surface area contributed by atoms with Crippen LogP contribution in [0.5, 0.6) is 0 Å². The van der Waals surface area contributed by atoms with Crippen LogP contribution in [0.4, 0.5) is 0 Å². The summed E-state index contributed by atoms with van der Waals surface area (Å²) < 4.78 is 0. The van der Waals surface area contributed by atoms with Gasteiger partial charge in [-0.2, -0.15) is 0 Å². The molecule has 0 heterocycles. The monoisotopic (exact) mass is 296 g/mol. The van der Waals surface area contributed by atoms with Crippen molar-refractivity contribution < 1.29 is 14.7 Å². The van der Waals surface area contributed by atoms with E-state index in [1.165, 1.54) is 0 Å². The lowest BCUT2D eigenvalue weighted by molar-refractivity contribution is -0.120. The van der Waals surface area contributed by atoms with Crippen molar-refractivity contribution in [1.82, 2.24) is 10.6 Å². The maximum atomic E-state index is 11.7. The summed E-state index contributed by atoms with van der Waals surface area (Å²) in [5, 5.41) is 15.3. The Balaban J connectivity index is 1.69. The number of halogens is 1. The van der Waals surface area contributed by atoms with Crippen LogP contribution in [0.25, 0.3) is 0 Å². The highest BCUT2D eigenvalue weighted by molar-refractivity contribution is 6.30. The van der Waals surface area contributed by atoms with Crippen LogP contribution in [-0.4, -0.2) is 36.1 Å². The average Bonchev–Trinajstić information content (AvgIpc) is 3.27. The van der Waals surface area contributed by atoms with Crippen molar-refractivity contribution in [3.8, 4) is 0 Å². The van der Waals surface area contributed by atoms with Gasteiger partial charge in [0, 0.05) is 17.1 Å². The Labute approximate surface area is 122 Å². The molecule has 5 nitrogen and oxygen atoms in total. The molecule has 0 saturated heterocycles. The summed E-state index contributed by atoms with van der Waals surface area (Å²) in [7, 11) is 0. The van der Waals surface area contributed by atoms with Crippen molar-refractivity contribution in [2.75, 3.05) is 13.1 Å². The number of amides is 2. The van der Waals surface area contributed by atoms with E-state index in [4.69, 9.17) is 11.6 Å². The molecular weight excluding hydrogens is 280 g/mol. The molecule has 1 saturated carbocycles. The third-order valence-corrected chi connectivity index (χ3v) is 3.44. The molecule has 1 aliphatic rings. The van der Waals surface area contributed by atoms with Crippen LogP contribution in [0.15, 0.2) is 24.3 Å². The van der Waals surface area contributed by atoms with E-state index in [1.807, 2.05) is 0 Å². The minimum Gasteiger partial charge on any atom is -0.391 e. The Morgan fingerprint density at radius 1 is 1.25 bits per heavy atom. The summed E-state index contributed by atoms with van der Waals surface area (Å²) in [5.41, 5.74) is 0.445. The zero-order valence-corrected chi connectivity index (χ0v) is 11.7. The quantitative estimate of drug-likeness (QED) is 0.731. The molecule has 20 heavy (non-hydrogen) atoms. The van der Waals surface area contributed by atoms with Crippen molar-refractivity contribution in [1.29, 1.82) is 0 Å². The molecule has 1 aromatic rings. The van der Waals surface area contributed by atoms with Crippen molar-refractivity contribution >= 4 is 23.4 Å². The first-order valence-electron chi connectivity index (χ1n) is 6.55. The van der Waals surface area contributed by atoms with E-state index in [9.17, 15) is 14.7 Å². The van der Waals surface area contributed by atoms with Gasteiger partial charge in [0.15, 0.2) is 0 Å². The number of benzene rings is 1. The summed E-state index contributed by atoms with van der Waals surface area (Å²) in [4.78, 5) is 23.3. The van der Waals surface area contributed by atoms with Crippen molar-refractivity contribution in [3.05, 3.63) is 34.9 Å². The normalized spacial score (nSPS) is 15.5. The lowest BCUT2D eigenvalue weighted by Crippen LogP contribution is -2.40. The molecule has 6 heteroatoms. The third-order valence-electron chi connectivity index (χ3n) is 3.19. The second-order valence-corrected chi connectivity index (χ2v) is 5.33. The number of rotatable bonds is 6. The summed E-state index contributed by atoms with van der Waals surface area (Å²) in [6.45, 7) is 0.124. The molecule has 0 bridgehead atoms. The molecule has 0 radical (unpaired) electrons. The van der Waals surface area contributed by atoms with E-state index in [0.717, 1.165) is 12.8 Å². The van der Waals surface area contributed by atoms with Gasteiger partial charge in [-0.15, -0.1) is 0 Å². The molecule has 1 fully saturated rings. The van der Waals surface area contributed by atoms with E-state index >= 15 is 0 Å². The van der Waals surface area contributed by atoms with E-state index in [-0.39, 0.29) is 24.9 Å². The Morgan fingerprint density at radius 2 is 1.90 bits per heavy atom. The highest BCUT2D eigenvalue weighted by Crippen LogP contribution is 2.32. The van der Waals surface area contributed by atoms with Gasteiger partial charge in [0.2, 0.25) is 5.91 Å². The standard InChI is InChI=1S/C14H17ClN2O3/c15-11-5-3-10(4-6-11)14(20)17-8-13(19)16-7-12(18)9-1-2-9/h3-6,9,12,18H,1-2,7-8H2,(H,16,19)(H,17,20). The molecule has 1 atom stereocenters. The fraction of sp³-hybridized carbons (Fsp3) is 0.429. The van der Waals surface area contributed by atoms with Gasteiger partial charge in [-0.1, -0.05) is 11.6 Å². The smallest absolute Gasteiger partial charge is 0.251 e. The minimum absolute atomic E-state index is 0.112. The van der Waals surface area contributed by atoms with Gasteiger partial charge in [-0.3, -0.25) is 9.59 Å². The summed E-state index contributed by atoms with van der Waals surface area (Å²) in [6.07, 6.45) is 1.56. The molecule has 0 aromatic heterocycles. The Bertz CT molecular complexity index is 486. The lowest BCUT2D eigenvalue weighted by atomic mass is 10.2. The highest BCUT2D eigenvalue weighted by Gasteiger charge is 2.29. The van der Waals surface area contributed by atoms with Crippen LogP contribution >= 0.6 is 11.6 Å². The van der Waals surface area contributed by atoms with E-state index in [1.54, 1.807) is 24.3 Å². The number of hydrogen-bond donors (Lipinski definition) is 3. The second kappa shape index (κ2) is 6.72. The Kier molecular flexibility index (Phi) is 4.98. The van der Waals surface area contributed by atoms with Gasteiger partial charge in [0.05, 0.1) is 12.6 Å². The van der Waals surface area contributed by atoms with E-state index in [2.05, 4.69) is 10.6 Å². The predicted molar refractivity (Wildman–Crippen MR) is 75.5 cm³/mol. The SMILES string of the molecule is O=C(CNC(=O)c1ccc(Cl)cc1)NCC(O)C1CC1. The largest absolute Gasteiger partial charge is 0.391 e. The number of aliphatic hydroxyl groups excluding tert-OH is 1. The number of nitrogens with one attached hydrogen (secondary N) is 2. The molecule has 1 unspecified atom stereocenters. The van der Waals surface area contributed by atoms with Gasteiger partial charge in [-0.05, 0) is 43.0 Å². The average molecular weight is 297 g/mol. The maximum Gasteiger partial charge on any atom is 0.251 e. The minimum atomic E-state index is -0.481. The molecule has 108 valence electrons. The van der Waals surface area contributed by atoms with Gasteiger partial charge >= 0.3 is 0 Å². The van der Waals surface area contributed by atoms with Crippen molar-refractivity contribution in [2.45, 2.75) is 18.9 Å². The Hall–Kier alpha value is -1.59. The summed E-state index contributed by atoms with van der Waals surface area (Å²) in [5.74, 6) is -0.328. The van der Waals surface area contributed by atoms with Gasteiger partial charge in [0.1, 0.15) is 0 Å². The first-order chi connectivity index (χ1) is 9.56. The molecule has 1 aromatic carbocycles. The van der Waals surface area contributed by atoms with E-state index < -0.39 is 6.10 Å². The highest BCUT2D eigenvalue weighted by atomic mass is 35.5. The zero-order valence-electron chi connectivity index (χ0n) is 10.9. The number of aliphatic hydroxyl groups is 1. The molecule has 3 N–H and O–H groups in total. The van der Waals surface area contributed by atoms with E-state index in [0.29, 0.717) is 16.5 Å².